The lowest BCUT2D eigenvalue weighted by Crippen LogP contribution is -1.90. The molecule has 3 N–H and O–H groups in total. The van der Waals surface area contributed by atoms with Crippen LogP contribution >= 0.6 is 0 Å². The Hall–Kier alpha value is -1.90. The number of rotatable bonds is 1. The number of anilines is 1. The summed E-state index contributed by atoms with van der Waals surface area (Å²) in [6.45, 7) is 0. The summed E-state index contributed by atoms with van der Waals surface area (Å²) < 4.78 is 5.17. The summed E-state index contributed by atoms with van der Waals surface area (Å²) in [5.74, 6) is 0.893. The number of ether oxygens (including phenoxy) is 1. The third kappa shape index (κ3) is 1.14. The normalized spacial score (nSPS) is 10.4. The largest absolute Gasteiger partial charge is 0.507 e. The van der Waals surface area contributed by atoms with Gasteiger partial charge in [-0.15, -0.1) is 0 Å². The minimum absolute atomic E-state index is 0.180. The van der Waals surface area contributed by atoms with Gasteiger partial charge in [0.1, 0.15) is 11.5 Å². The predicted octanol–water partition coefficient (Wildman–Crippen LogP) is 2.14. The Balaban J connectivity index is 2.91. The van der Waals surface area contributed by atoms with Gasteiger partial charge in [-0.1, -0.05) is 12.1 Å². The quantitative estimate of drug-likeness (QED) is 0.676. The van der Waals surface area contributed by atoms with Crippen molar-refractivity contribution in [1.29, 1.82) is 0 Å². The molecule has 72 valence electrons. The first kappa shape index (κ1) is 8.69. The molecule has 2 aromatic carbocycles. The highest BCUT2D eigenvalue weighted by Gasteiger charge is 2.07. The summed E-state index contributed by atoms with van der Waals surface area (Å²) in [5, 5.41) is 11.1. The standard InChI is InChI=1S/C11H11NO2/c1-14-10-6-5-9(13)11-7(10)3-2-4-8(11)12/h2-6,13H,12H2,1H3. The number of benzene rings is 2. The minimum atomic E-state index is 0.180. The van der Waals surface area contributed by atoms with E-state index < -0.39 is 0 Å². The summed E-state index contributed by atoms with van der Waals surface area (Å²) in [5.41, 5.74) is 6.32. The van der Waals surface area contributed by atoms with Crippen molar-refractivity contribution in [2.24, 2.45) is 0 Å². The molecule has 3 nitrogen and oxygen atoms in total. The number of fused-ring (bicyclic) bond motifs is 1. The number of nitrogens with two attached hydrogens (primary N) is 1. The molecule has 0 saturated carbocycles. The van der Waals surface area contributed by atoms with Crippen LogP contribution in [-0.4, -0.2) is 12.2 Å². The van der Waals surface area contributed by atoms with Crippen molar-refractivity contribution < 1.29 is 9.84 Å². The van der Waals surface area contributed by atoms with Gasteiger partial charge in [-0.3, -0.25) is 0 Å². The van der Waals surface area contributed by atoms with Gasteiger partial charge in [0.2, 0.25) is 0 Å². The van der Waals surface area contributed by atoms with Gasteiger partial charge in [-0.05, 0) is 18.2 Å². The molecule has 0 aromatic heterocycles. The number of hydrogen-bond acceptors (Lipinski definition) is 3. The van der Waals surface area contributed by atoms with Crippen LogP contribution < -0.4 is 10.5 Å². The number of hydrogen-bond donors (Lipinski definition) is 2. The zero-order chi connectivity index (χ0) is 10.1. The Morgan fingerprint density at radius 2 is 2.00 bits per heavy atom. The first-order valence-electron chi connectivity index (χ1n) is 4.28. The molecule has 0 aliphatic carbocycles. The lowest BCUT2D eigenvalue weighted by Gasteiger charge is -2.08. The maximum atomic E-state index is 9.64. The summed E-state index contributed by atoms with van der Waals surface area (Å²) in [6.07, 6.45) is 0. The van der Waals surface area contributed by atoms with E-state index in [4.69, 9.17) is 10.5 Å². The minimum Gasteiger partial charge on any atom is -0.507 e. The third-order valence-corrected chi connectivity index (χ3v) is 2.23. The fourth-order valence-electron chi connectivity index (χ4n) is 1.57. The van der Waals surface area contributed by atoms with Gasteiger partial charge >= 0.3 is 0 Å². The van der Waals surface area contributed by atoms with E-state index in [1.165, 1.54) is 0 Å². The fraction of sp³-hybridized carbons (Fsp3) is 0.0909. The number of phenols is 1. The van der Waals surface area contributed by atoms with Gasteiger partial charge in [0.05, 0.1) is 12.5 Å². The molecule has 0 radical (unpaired) electrons. The molecule has 14 heavy (non-hydrogen) atoms. The maximum absolute atomic E-state index is 9.64. The van der Waals surface area contributed by atoms with Gasteiger partial charge in [0, 0.05) is 11.1 Å². The van der Waals surface area contributed by atoms with Crippen LogP contribution in [0.25, 0.3) is 10.8 Å². The van der Waals surface area contributed by atoms with E-state index in [1.807, 2.05) is 12.1 Å². The molecule has 0 heterocycles. The smallest absolute Gasteiger partial charge is 0.127 e. The summed E-state index contributed by atoms with van der Waals surface area (Å²) >= 11 is 0. The molecule has 0 saturated heterocycles. The van der Waals surface area contributed by atoms with E-state index in [2.05, 4.69) is 0 Å². The van der Waals surface area contributed by atoms with Crippen molar-refractivity contribution in [3.63, 3.8) is 0 Å². The van der Waals surface area contributed by atoms with Crippen molar-refractivity contribution in [2.75, 3.05) is 12.8 Å². The Morgan fingerprint density at radius 1 is 1.21 bits per heavy atom. The number of aromatic hydroxyl groups is 1. The summed E-state index contributed by atoms with van der Waals surface area (Å²) in [4.78, 5) is 0. The number of methoxy groups -OCH3 is 1. The van der Waals surface area contributed by atoms with Gasteiger partial charge in [-0.2, -0.15) is 0 Å². The summed E-state index contributed by atoms with van der Waals surface area (Å²) in [6, 6.07) is 8.75. The van der Waals surface area contributed by atoms with Gasteiger partial charge in [-0.25, -0.2) is 0 Å². The SMILES string of the molecule is COc1ccc(O)c2c(N)cccc12. The Kier molecular flexibility index (Phi) is 1.93. The van der Waals surface area contributed by atoms with Gasteiger partial charge < -0.3 is 15.6 Å². The number of nitrogen functional groups attached to an aromatic ring is 1. The van der Waals surface area contributed by atoms with Crippen molar-refractivity contribution in [3.8, 4) is 11.5 Å². The van der Waals surface area contributed by atoms with E-state index in [0.29, 0.717) is 16.8 Å². The molecule has 0 aliphatic rings. The third-order valence-electron chi connectivity index (χ3n) is 2.23. The van der Waals surface area contributed by atoms with Crippen LogP contribution in [-0.2, 0) is 0 Å². The highest BCUT2D eigenvalue weighted by molar-refractivity contribution is 6.01. The fourth-order valence-corrected chi connectivity index (χ4v) is 1.57. The molecular weight excluding hydrogens is 178 g/mol. The molecule has 0 amide bonds. The molecule has 2 aromatic rings. The first-order valence-corrected chi connectivity index (χ1v) is 4.28. The zero-order valence-corrected chi connectivity index (χ0v) is 7.82. The lowest BCUT2D eigenvalue weighted by atomic mass is 10.1. The molecular formula is C11H11NO2. The monoisotopic (exact) mass is 189 g/mol. The van der Waals surface area contributed by atoms with Crippen LogP contribution in [0.15, 0.2) is 30.3 Å². The highest BCUT2D eigenvalue weighted by Crippen LogP contribution is 2.35. The van der Waals surface area contributed by atoms with Crippen molar-refractivity contribution in [1.82, 2.24) is 0 Å². The topological polar surface area (TPSA) is 55.5 Å². The second-order valence-corrected chi connectivity index (χ2v) is 3.06. The van der Waals surface area contributed by atoms with Crippen molar-refractivity contribution >= 4 is 16.5 Å². The molecule has 0 fully saturated rings. The molecule has 0 bridgehead atoms. The highest BCUT2D eigenvalue weighted by atomic mass is 16.5. The molecule has 3 heteroatoms. The van der Waals surface area contributed by atoms with E-state index in [1.54, 1.807) is 25.3 Å². The molecule has 2 rings (SSSR count). The average Bonchev–Trinajstić information content (AvgIpc) is 2.18. The number of phenolic OH excluding ortho intramolecular Hbond substituents is 1. The van der Waals surface area contributed by atoms with Crippen LogP contribution in [0.1, 0.15) is 0 Å². The van der Waals surface area contributed by atoms with Gasteiger partial charge in [0.15, 0.2) is 0 Å². The van der Waals surface area contributed by atoms with Crippen LogP contribution in [0.4, 0.5) is 5.69 Å². The Labute approximate surface area is 81.7 Å². The van der Waals surface area contributed by atoms with Crippen LogP contribution in [0.5, 0.6) is 11.5 Å². The summed E-state index contributed by atoms with van der Waals surface area (Å²) in [7, 11) is 1.59. The van der Waals surface area contributed by atoms with Gasteiger partial charge in [0.25, 0.3) is 0 Å². The second kappa shape index (κ2) is 3.10. The average molecular weight is 189 g/mol. The molecule has 0 aliphatic heterocycles. The van der Waals surface area contributed by atoms with Crippen molar-refractivity contribution in [3.05, 3.63) is 30.3 Å². The van der Waals surface area contributed by atoms with Crippen LogP contribution in [0.2, 0.25) is 0 Å². The van der Waals surface area contributed by atoms with Crippen LogP contribution in [0, 0.1) is 0 Å². The Bertz CT molecular complexity index is 472. The van der Waals surface area contributed by atoms with E-state index in [0.717, 1.165) is 5.39 Å². The maximum Gasteiger partial charge on any atom is 0.127 e. The second-order valence-electron chi connectivity index (χ2n) is 3.06. The molecule has 0 unspecified atom stereocenters. The Morgan fingerprint density at radius 3 is 2.71 bits per heavy atom. The van der Waals surface area contributed by atoms with Crippen LogP contribution in [0.3, 0.4) is 0 Å². The lowest BCUT2D eigenvalue weighted by molar-refractivity contribution is 0.418. The van der Waals surface area contributed by atoms with E-state index in [-0.39, 0.29) is 5.75 Å². The van der Waals surface area contributed by atoms with E-state index in [9.17, 15) is 5.11 Å². The van der Waals surface area contributed by atoms with Crippen molar-refractivity contribution in [2.45, 2.75) is 0 Å². The first-order chi connectivity index (χ1) is 6.74. The predicted molar refractivity (Wildman–Crippen MR) is 56.6 cm³/mol. The molecule has 0 spiro atoms. The molecule has 0 atom stereocenters. The van der Waals surface area contributed by atoms with E-state index >= 15 is 0 Å². The zero-order valence-electron chi connectivity index (χ0n) is 7.82.